The van der Waals surface area contributed by atoms with E-state index in [0.717, 1.165) is 27.9 Å². The molecular formula is C46H55F3MoN2O2. The largest absolute Gasteiger partial charge is 0.507 e. The van der Waals surface area contributed by atoms with Crippen LogP contribution in [0.4, 0.5) is 24.5 Å². The van der Waals surface area contributed by atoms with Crippen LogP contribution in [0.25, 0.3) is 22.3 Å². The van der Waals surface area contributed by atoms with Gasteiger partial charge in [0.15, 0.2) is 5.60 Å². The van der Waals surface area contributed by atoms with Gasteiger partial charge < -0.3 is 15.1 Å². The Morgan fingerprint density at radius 3 is 1.39 bits per heavy atom. The Kier molecular flexibility index (Phi) is 15.9. The first kappa shape index (κ1) is 44.2. The van der Waals surface area contributed by atoms with Crippen molar-refractivity contribution in [3.63, 3.8) is 0 Å². The normalized spacial score (nSPS) is 11.6. The van der Waals surface area contributed by atoms with Crippen LogP contribution in [-0.4, -0.2) is 40.5 Å². The molecule has 0 unspecified atom stereocenters. The number of alkyl halides is 3. The van der Waals surface area contributed by atoms with Crippen LogP contribution in [0.3, 0.4) is 0 Å². The van der Waals surface area contributed by atoms with Gasteiger partial charge in [-0.2, -0.15) is 13.2 Å². The number of rotatable bonds is 8. The molecule has 0 saturated heterocycles. The Balaban J connectivity index is 0.000000243. The third kappa shape index (κ3) is 12.4. The molecule has 0 bridgehead atoms. The topological polar surface area (TPSA) is 56.1 Å². The van der Waals surface area contributed by atoms with Crippen molar-refractivity contribution in [2.75, 3.05) is 19.0 Å². The van der Waals surface area contributed by atoms with Crippen molar-refractivity contribution in [1.82, 2.24) is 0 Å². The van der Waals surface area contributed by atoms with E-state index in [4.69, 9.17) is 8.60 Å². The van der Waals surface area contributed by atoms with E-state index in [0.29, 0.717) is 31.4 Å². The van der Waals surface area contributed by atoms with Crippen LogP contribution in [-0.2, 0) is 23.3 Å². The maximum absolute atomic E-state index is 11.3. The summed E-state index contributed by atoms with van der Waals surface area (Å²) in [5.41, 5.74) is 7.71. The maximum atomic E-state index is 11.3. The van der Waals surface area contributed by atoms with E-state index < -0.39 is 29.7 Å². The Labute approximate surface area is 328 Å². The molecule has 54 heavy (non-hydrogen) atoms. The molecule has 0 radical (unpaired) electrons. The van der Waals surface area contributed by atoms with E-state index in [-0.39, 0.29) is 5.41 Å². The molecule has 4 nitrogen and oxygen atoms in total. The van der Waals surface area contributed by atoms with Gasteiger partial charge in [-0.25, -0.2) is 0 Å². The summed E-state index contributed by atoms with van der Waals surface area (Å²) in [6.45, 7) is 15.0. The van der Waals surface area contributed by atoms with Gasteiger partial charge in [0.25, 0.3) is 0 Å². The summed E-state index contributed by atoms with van der Waals surface area (Å²) in [7, 11) is 4.02. The first-order valence-electron chi connectivity index (χ1n) is 18.1. The van der Waals surface area contributed by atoms with Gasteiger partial charge in [0.2, 0.25) is 0 Å². The van der Waals surface area contributed by atoms with E-state index >= 15 is 0 Å². The SMILES string of the molecule is CC(C)(O)C(F)(F)F.CC(C)c1cccc(C(C)C)c1[N]=[Mo]=[CH]C(C)(C)c1ccccc1.CN(C)c1cc(-c2ccccc2)c(O)c(-c2ccccc2)c1. The molecule has 0 atom stereocenters. The smallest absolute Gasteiger partial charge is 0.131 e. The van der Waals surface area contributed by atoms with E-state index in [2.05, 4.69) is 99.4 Å². The summed E-state index contributed by atoms with van der Waals surface area (Å²) in [5, 5.41) is 19.0. The van der Waals surface area contributed by atoms with Crippen molar-refractivity contribution in [2.24, 2.45) is 3.50 Å². The molecular weight excluding hydrogens is 765 g/mol. The Morgan fingerprint density at radius 1 is 0.648 bits per heavy atom. The van der Waals surface area contributed by atoms with Gasteiger partial charge in [0, 0.05) is 30.9 Å². The Morgan fingerprint density at radius 2 is 1.04 bits per heavy atom. The number of halogens is 3. The van der Waals surface area contributed by atoms with E-state index in [9.17, 15) is 18.3 Å². The maximum Gasteiger partial charge on any atom is 0.131 e. The van der Waals surface area contributed by atoms with Crippen LogP contribution in [0.2, 0.25) is 0 Å². The molecule has 5 aromatic carbocycles. The quantitative estimate of drug-likeness (QED) is 0.153. The van der Waals surface area contributed by atoms with E-state index in [1.165, 1.54) is 22.4 Å². The number of anilines is 1. The minimum absolute atomic E-state index is 0.0811. The van der Waals surface area contributed by atoms with Crippen molar-refractivity contribution in [3.05, 3.63) is 138 Å². The Hall–Kier alpha value is -4.19. The molecule has 0 heterocycles. The average molecular weight is 821 g/mol. The molecule has 0 aliphatic rings. The number of nitrogens with zero attached hydrogens (tertiary/aromatic N) is 2. The molecule has 5 rings (SSSR count). The van der Waals surface area contributed by atoms with E-state index in [1.54, 1.807) is 0 Å². The molecule has 0 fully saturated rings. The summed E-state index contributed by atoms with van der Waals surface area (Å²) >= 11 is -0.553. The monoisotopic (exact) mass is 822 g/mol. The first-order valence-corrected chi connectivity index (χ1v) is 20.1. The standard InChI is InChI=1S/C20H19NO.C12H17N.C10H12.C4H7F3O.Mo/c1-21(2)17-13-18(15-9-5-3-6-10-15)20(22)19(14-17)16-11-7-4-8-12-16;1-8(2)10-6-5-7-11(9(3)4)12(10)13;1-10(2,3)9-7-5-4-6-8-9;1-3(2,8)4(5,6)7;/h3-14,22H,1-2H3;5-9H,1-4H3;1,4-8H,2-3H3;8H,1-2H3;. The summed E-state index contributed by atoms with van der Waals surface area (Å²) in [5.74, 6) is 1.34. The molecule has 0 aliphatic heterocycles. The predicted octanol–water partition coefficient (Wildman–Crippen LogP) is 12.7. The summed E-state index contributed by atoms with van der Waals surface area (Å²) < 4.78 is 41.5. The van der Waals surface area contributed by atoms with Gasteiger partial charge in [0.05, 0.1) is 0 Å². The van der Waals surface area contributed by atoms with Crippen LogP contribution in [0.1, 0.15) is 83.9 Å². The number of aliphatic hydroxyl groups is 1. The van der Waals surface area contributed by atoms with Crippen LogP contribution in [0.15, 0.2) is 125 Å². The zero-order valence-corrected chi connectivity index (χ0v) is 35.1. The molecule has 288 valence electrons. The molecule has 0 amide bonds. The first-order chi connectivity index (χ1) is 25.2. The van der Waals surface area contributed by atoms with Gasteiger partial charge in [-0.05, 0) is 37.1 Å². The van der Waals surface area contributed by atoms with Crippen molar-refractivity contribution in [3.8, 4) is 28.0 Å². The molecule has 0 spiro atoms. The fourth-order valence-electron chi connectivity index (χ4n) is 5.32. The average Bonchev–Trinajstić information content (AvgIpc) is 3.12. The van der Waals surface area contributed by atoms with Gasteiger partial charge in [-0.15, -0.1) is 0 Å². The molecule has 2 N–H and O–H groups in total. The fourth-order valence-corrected chi connectivity index (χ4v) is 7.21. The fraction of sp³-hybridized carbons (Fsp3) is 0.326. The van der Waals surface area contributed by atoms with Crippen LogP contribution >= 0.6 is 0 Å². The predicted molar refractivity (Wildman–Crippen MR) is 218 cm³/mol. The van der Waals surface area contributed by atoms with Crippen molar-refractivity contribution >= 4 is 15.8 Å². The number of aromatic hydroxyl groups is 1. The van der Waals surface area contributed by atoms with Crippen molar-refractivity contribution < 1.29 is 41.3 Å². The summed E-state index contributed by atoms with van der Waals surface area (Å²) in [6.07, 6.45) is -4.51. The number of hydrogen-bond donors (Lipinski definition) is 2. The summed E-state index contributed by atoms with van der Waals surface area (Å²) in [6, 6.07) is 41.4. The molecule has 8 heteroatoms. The second-order valence-electron chi connectivity index (χ2n) is 15.1. The second kappa shape index (κ2) is 19.4. The summed E-state index contributed by atoms with van der Waals surface area (Å²) in [4.78, 5) is 2.05. The third-order valence-electron chi connectivity index (χ3n) is 8.83. The van der Waals surface area contributed by atoms with Gasteiger partial charge in [-0.3, -0.25) is 0 Å². The molecule has 0 aliphatic carbocycles. The second-order valence-corrected chi connectivity index (χ2v) is 16.6. The number of phenols is 1. The van der Waals surface area contributed by atoms with Crippen LogP contribution < -0.4 is 4.90 Å². The van der Waals surface area contributed by atoms with Gasteiger partial charge in [-0.1, -0.05) is 60.7 Å². The van der Waals surface area contributed by atoms with Crippen LogP contribution in [0, 0.1) is 0 Å². The number of phenolic OH excluding ortho intramolecular Hbond substituents is 1. The Bertz CT molecular complexity index is 1880. The molecule has 0 aromatic heterocycles. The van der Waals surface area contributed by atoms with Crippen molar-refractivity contribution in [1.29, 1.82) is 0 Å². The molecule has 0 saturated carbocycles. The van der Waals surface area contributed by atoms with Crippen LogP contribution in [0.5, 0.6) is 5.75 Å². The van der Waals surface area contributed by atoms with Gasteiger partial charge in [0.1, 0.15) is 5.75 Å². The molecule has 5 aromatic rings. The number of benzene rings is 5. The zero-order valence-electron chi connectivity index (χ0n) is 33.1. The minimum atomic E-state index is -4.51. The number of hydrogen-bond acceptors (Lipinski definition) is 4. The third-order valence-corrected chi connectivity index (χ3v) is 11.2. The van der Waals surface area contributed by atoms with E-state index in [1.807, 2.05) is 86.9 Å². The minimum Gasteiger partial charge on any atom is -0.507 e. The van der Waals surface area contributed by atoms with Gasteiger partial charge >= 0.3 is 162 Å². The van der Waals surface area contributed by atoms with Crippen molar-refractivity contribution in [2.45, 2.75) is 84.4 Å². The zero-order chi connectivity index (χ0) is 40.3.